The number of nitrogens with one attached hydrogen (secondary N) is 1. The van der Waals surface area contributed by atoms with E-state index in [0.717, 1.165) is 70.8 Å². The SMILES string of the molecule is COc1ncccc1Nc1cc2nc3ccccc3n(-c3ccc(C)cc3)c-2c/c1=N\C1CCN(C)CC1. The van der Waals surface area contributed by atoms with Crippen LogP contribution >= 0.6 is 0 Å². The number of hydrogen-bond acceptors (Lipinski definition) is 6. The van der Waals surface area contributed by atoms with E-state index in [1.54, 1.807) is 13.3 Å². The second-order valence-electron chi connectivity index (χ2n) is 9.98. The minimum Gasteiger partial charge on any atom is -0.480 e. The number of rotatable bonds is 5. The lowest BCUT2D eigenvalue weighted by molar-refractivity contribution is 0.255. The Kier molecular flexibility index (Phi) is 6.52. The molecule has 0 saturated carbocycles. The molecule has 1 fully saturated rings. The van der Waals surface area contributed by atoms with Gasteiger partial charge < -0.3 is 19.5 Å². The van der Waals surface area contributed by atoms with E-state index in [1.165, 1.54) is 5.56 Å². The summed E-state index contributed by atoms with van der Waals surface area (Å²) < 4.78 is 7.81. The second kappa shape index (κ2) is 10.3. The molecule has 192 valence electrons. The molecule has 1 aromatic heterocycles. The van der Waals surface area contributed by atoms with Crippen molar-refractivity contribution < 1.29 is 4.74 Å². The van der Waals surface area contributed by atoms with Crippen LogP contribution in [0.4, 0.5) is 11.4 Å². The first-order valence-corrected chi connectivity index (χ1v) is 13.1. The van der Waals surface area contributed by atoms with Gasteiger partial charge in [-0.1, -0.05) is 29.8 Å². The maximum atomic E-state index is 5.52. The molecule has 0 amide bonds. The lowest BCUT2D eigenvalue weighted by Gasteiger charge is -2.27. The van der Waals surface area contributed by atoms with Crippen LogP contribution in [0.1, 0.15) is 18.4 Å². The second-order valence-corrected chi connectivity index (χ2v) is 9.98. The van der Waals surface area contributed by atoms with Crippen molar-refractivity contribution in [2.24, 2.45) is 4.99 Å². The van der Waals surface area contributed by atoms with Gasteiger partial charge in [0, 0.05) is 11.9 Å². The van der Waals surface area contributed by atoms with Crippen LogP contribution in [-0.2, 0) is 0 Å². The third-order valence-corrected chi connectivity index (χ3v) is 7.23. The van der Waals surface area contributed by atoms with Gasteiger partial charge in [0.2, 0.25) is 5.88 Å². The number of likely N-dealkylation sites (tertiary alicyclic amines) is 1. The van der Waals surface area contributed by atoms with Crippen LogP contribution < -0.4 is 15.4 Å². The van der Waals surface area contributed by atoms with Crippen LogP contribution in [0.2, 0.25) is 0 Å². The first-order valence-electron chi connectivity index (χ1n) is 13.1. The third-order valence-electron chi connectivity index (χ3n) is 7.23. The summed E-state index contributed by atoms with van der Waals surface area (Å²) in [5.41, 5.74) is 7.91. The molecule has 0 bridgehead atoms. The number of para-hydroxylation sites is 2. The number of pyridine rings is 1. The molecule has 6 rings (SSSR count). The fourth-order valence-electron chi connectivity index (χ4n) is 5.14. The summed E-state index contributed by atoms with van der Waals surface area (Å²) in [6.07, 6.45) is 3.81. The van der Waals surface area contributed by atoms with Crippen molar-refractivity contribution in [1.82, 2.24) is 19.4 Å². The maximum absolute atomic E-state index is 5.52. The Morgan fingerprint density at radius 1 is 0.947 bits per heavy atom. The maximum Gasteiger partial charge on any atom is 0.237 e. The van der Waals surface area contributed by atoms with Crippen LogP contribution in [0.5, 0.6) is 5.88 Å². The molecular formula is C31H32N6O. The molecule has 3 aliphatic rings. The Morgan fingerprint density at radius 2 is 1.74 bits per heavy atom. The number of benzene rings is 3. The predicted molar refractivity (Wildman–Crippen MR) is 153 cm³/mol. The zero-order chi connectivity index (χ0) is 26.1. The Morgan fingerprint density at radius 3 is 2.53 bits per heavy atom. The van der Waals surface area contributed by atoms with Crippen molar-refractivity contribution in [2.45, 2.75) is 25.8 Å². The summed E-state index contributed by atoms with van der Waals surface area (Å²) >= 11 is 0. The fourth-order valence-corrected chi connectivity index (χ4v) is 5.14. The largest absolute Gasteiger partial charge is 0.480 e. The van der Waals surface area contributed by atoms with Crippen LogP contribution in [0, 0.1) is 6.92 Å². The lowest BCUT2D eigenvalue weighted by Crippen LogP contribution is -2.33. The van der Waals surface area contributed by atoms with Crippen molar-refractivity contribution in [3.63, 3.8) is 0 Å². The topological polar surface area (TPSA) is 67.6 Å². The lowest BCUT2D eigenvalue weighted by atomic mass is 10.1. The molecule has 3 aromatic rings. The zero-order valence-electron chi connectivity index (χ0n) is 22.1. The molecular weight excluding hydrogens is 472 g/mol. The molecule has 2 aliphatic heterocycles. The van der Waals surface area contributed by atoms with E-state index in [1.807, 2.05) is 18.2 Å². The summed E-state index contributed by atoms with van der Waals surface area (Å²) in [5.74, 6) is 0.541. The first kappa shape index (κ1) is 24.1. The van der Waals surface area contributed by atoms with E-state index in [4.69, 9.17) is 14.7 Å². The number of methoxy groups -OCH3 is 1. The molecule has 0 atom stereocenters. The first-order chi connectivity index (χ1) is 18.6. The molecule has 1 aliphatic carbocycles. The highest BCUT2D eigenvalue weighted by Crippen LogP contribution is 2.31. The molecule has 3 heterocycles. The quantitative estimate of drug-likeness (QED) is 0.317. The van der Waals surface area contributed by atoms with Crippen molar-refractivity contribution in [2.75, 3.05) is 32.6 Å². The predicted octanol–water partition coefficient (Wildman–Crippen LogP) is 5.58. The van der Waals surface area contributed by atoms with E-state index in [0.29, 0.717) is 5.88 Å². The number of piperidine rings is 1. The number of aromatic nitrogens is 3. The van der Waals surface area contributed by atoms with Gasteiger partial charge in [-0.05, 0) is 88.4 Å². The van der Waals surface area contributed by atoms with Crippen LogP contribution in [0.15, 0.2) is 84.0 Å². The Labute approximate surface area is 222 Å². The van der Waals surface area contributed by atoms with Crippen molar-refractivity contribution in [3.05, 3.63) is 89.9 Å². The normalized spacial score (nSPS) is 15.3. The van der Waals surface area contributed by atoms with Gasteiger partial charge >= 0.3 is 0 Å². The molecule has 7 heteroatoms. The van der Waals surface area contributed by atoms with Gasteiger partial charge in [-0.25, -0.2) is 9.97 Å². The monoisotopic (exact) mass is 504 g/mol. The molecule has 0 unspecified atom stereocenters. The molecule has 0 radical (unpaired) electrons. The summed E-state index contributed by atoms with van der Waals surface area (Å²) in [6, 6.07) is 25.3. The number of nitrogens with zero attached hydrogens (tertiary/aromatic N) is 5. The van der Waals surface area contributed by atoms with E-state index in [-0.39, 0.29) is 6.04 Å². The highest BCUT2D eigenvalue weighted by atomic mass is 16.5. The molecule has 38 heavy (non-hydrogen) atoms. The molecule has 0 spiro atoms. The van der Waals surface area contributed by atoms with Gasteiger partial charge in [-0.15, -0.1) is 0 Å². The number of hydrogen-bond donors (Lipinski definition) is 1. The van der Waals surface area contributed by atoms with Crippen LogP contribution in [0.3, 0.4) is 0 Å². The molecule has 7 nitrogen and oxygen atoms in total. The van der Waals surface area contributed by atoms with E-state index >= 15 is 0 Å². The minimum atomic E-state index is 0.265. The summed E-state index contributed by atoms with van der Waals surface area (Å²) in [5, 5.41) is 4.47. The zero-order valence-corrected chi connectivity index (χ0v) is 22.1. The highest BCUT2D eigenvalue weighted by Gasteiger charge is 2.20. The molecule has 1 saturated heterocycles. The third kappa shape index (κ3) is 4.73. The highest BCUT2D eigenvalue weighted by molar-refractivity contribution is 5.84. The summed E-state index contributed by atoms with van der Waals surface area (Å²) in [6.45, 7) is 4.22. The fraction of sp³-hybridized carbons (Fsp3) is 0.258. The summed E-state index contributed by atoms with van der Waals surface area (Å²) in [4.78, 5) is 17.1. The summed E-state index contributed by atoms with van der Waals surface area (Å²) in [7, 11) is 3.81. The number of fused-ring (bicyclic) bond motifs is 2. The standard InChI is InChI=1S/C31H32N6O/c1-21-10-12-23(13-11-21)37-29-9-5-4-7-24(29)34-28-19-26(35-25-8-6-16-32-31(25)38-3)27(20-30(28)37)33-22-14-17-36(2)18-15-22/h4-13,16,19-20,22,35H,14-15,17-18H2,1-3H3/b33-27+. The number of anilines is 2. The van der Waals surface area contributed by atoms with Gasteiger partial charge in [0.25, 0.3) is 0 Å². The average Bonchev–Trinajstić information content (AvgIpc) is 2.94. The number of ether oxygens (including phenoxy) is 1. The Hall–Kier alpha value is -4.23. The Bertz CT molecular complexity index is 1620. The van der Waals surface area contributed by atoms with Gasteiger partial charge in [0.1, 0.15) is 5.69 Å². The van der Waals surface area contributed by atoms with E-state index in [2.05, 4.69) is 88.3 Å². The smallest absolute Gasteiger partial charge is 0.237 e. The molecule has 2 aromatic carbocycles. The van der Waals surface area contributed by atoms with Crippen molar-refractivity contribution >= 4 is 22.4 Å². The van der Waals surface area contributed by atoms with E-state index in [9.17, 15) is 0 Å². The van der Waals surface area contributed by atoms with Crippen LogP contribution in [-0.4, -0.2) is 52.7 Å². The van der Waals surface area contributed by atoms with Crippen molar-refractivity contribution in [3.8, 4) is 23.0 Å². The Balaban J connectivity index is 1.60. The van der Waals surface area contributed by atoms with E-state index < -0.39 is 0 Å². The number of aryl methyl sites for hydroxylation is 1. The molecule has 1 N–H and O–H groups in total. The van der Waals surface area contributed by atoms with Gasteiger partial charge in [0.15, 0.2) is 0 Å². The minimum absolute atomic E-state index is 0.265. The van der Waals surface area contributed by atoms with Gasteiger partial charge in [-0.3, -0.25) is 4.99 Å². The average molecular weight is 505 g/mol. The van der Waals surface area contributed by atoms with Gasteiger partial charge in [0.05, 0.1) is 46.6 Å². The van der Waals surface area contributed by atoms with Gasteiger partial charge in [-0.2, -0.15) is 0 Å². The van der Waals surface area contributed by atoms with Crippen LogP contribution in [0.25, 0.3) is 28.1 Å². The van der Waals surface area contributed by atoms with Crippen molar-refractivity contribution in [1.29, 1.82) is 0 Å².